The molecule has 0 radical (unpaired) electrons. The molecule has 2 saturated carbocycles. The number of aromatic nitrogens is 8. The van der Waals surface area contributed by atoms with Crippen molar-refractivity contribution < 1.29 is 0 Å². The molecule has 0 amide bonds. The summed E-state index contributed by atoms with van der Waals surface area (Å²) < 4.78 is 1.56. The minimum absolute atomic E-state index is 0.134. The zero-order chi connectivity index (χ0) is 22.9. The molecule has 2 aliphatic rings. The molecule has 0 saturated heterocycles. The third kappa shape index (κ3) is 4.36. The number of rotatable bonds is 7. The largest absolute Gasteiger partial charge is 0.367 e. The molecule has 11 nitrogen and oxygen atoms in total. The van der Waals surface area contributed by atoms with Crippen molar-refractivity contribution in [2.45, 2.75) is 50.1 Å². The van der Waals surface area contributed by atoms with Gasteiger partial charge >= 0.3 is 0 Å². The van der Waals surface area contributed by atoms with Gasteiger partial charge in [-0.2, -0.15) is 0 Å². The van der Waals surface area contributed by atoms with E-state index < -0.39 is 0 Å². The second-order valence-electron chi connectivity index (χ2n) is 8.87. The van der Waals surface area contributed by atoms with Crippen LogP contribution < -0.4 is 16.2 Å². The number of hydrogen-bond donors (Lipinski definition) is 3. The van der Waals surface area contributed by atoms with Crippen LogP contribution in [0.1, 0.15) is 43.7 Å². The molecule has 6 rings (SSSR count). The molecule has 0 bridgehead atoms. The molecule has 3 N–H and O–H groups in total. The van der Waals surface area contributed by atoms with E-state index in [1.165, 1.54) is 18.9 Å². The molecular weight excluding hydrogens is 432 g/mol. The van der Waals surface area contributed by atoms with Crippen LogP contribution in [0.25, 0.3) is 16.9 Å². The van der Waals surface area contributed by atoms with Gasteiger partial charge in [0.15, 0.2) is 0 Å². The maximum atomic E-state index is 12.4. The molecule has 4 aromatic heterocycles. The van der Waals surface area contributed by atoms with E-state index in [1.54, 1.807) is 29.2 Å². The predicted molar refractivity (Wildman–Crippen MR) is 126 cm³/mol. The lowest BCUT2D eigenvalue weighted by molar-refractivity contribution is 0.710. The van der Waals surface area contributed by atoms with E-state index in [0.717, 1.165) is 42.0 Å². The summed E-state index contributed by atoms with van der Waals surface area (Å²) in [4.78, 5) is 21.4. The van der Waals surface area contributed by atoms with Crippen LogP contribution in [0.15, 0.2) is 53.8 Å². The van der Waals surface area contributed by atoms with Crippen molar-refractivity contribution in [2.75, 3.05) is 10.6 Å². The highest BCUT2D eigenvalue weighted by atomic mass is 16.1. The van der Waals surface area contributed by atoms with Gasteiger partial charge in [-0.1, -0.05) is 5.21 Å². The average molecular weight is 457 g/mol. The number of nitrogens with zero attached hydrogens (tertiary/aromatic N) is 7. The van der Waals surface area contributed by atoms with Crippen molar-refractivity contribution in [3.8, 4) is 16.9 Å². The molecule has 0 aliphatic heterocycles. The van der Waals surface area contributed by atoms with Crippen molar-refractivity contribution in [2.24, 2.45) is 0 Å². The monoisotopic (exact) mass is 456 g/mol. The summed E-state index contributed by atoms with van der Waals surface area (Å²) in [6.45, 7) is 0. The second-order valence-corrected chi connectivity index (χ2v) is 8.87. The molecule has 4 heterocycles. The van der Waals surface area contributed by atoms with E-state index in [4.69, 9.17) is 0 Å². The van der Waals surface area contributed by atoms with Gasteiger partial charge in [-0.3, -0.25) is 14.5 Å². The van der Waals surface area contributed by atoms with Crippen LogP contribution >= 0.6 is 0 Å². The number of H-pyrrole nitrogens is 1. The quantitative estimate of drug-likeness (QED) is 0.383. The Morgan fingerprint density at radius 2 is 1.79 bits per heavy atom. The smallest absolute Gasteiger partial charge is 0.255 e. The molecule has 2 aliphatic carbocycles. The van der Waals surface area contributed by atoms with Gasteiger partial charge in [0, 0.05) is 35.8 Å². The number of nitrogens with one attached hydrogen (secondary N) is 3. The molecule has 2 atom stereocenters. The Kier molecular flexibility index (Phi) is 5.21. The number of anilines is 2. The van der Waals surface area contributed by atoms with Crippen molar-refractivity contribution in [1.82, 2.24) is 40.1 Å². The Hall–Kier alpha value is -4.15. The first kappa shape index (κ1) is 20.5. The zero-order valence-electron chi connectivity index (χ0n) is 18.4. The Morgan fingerprint density at radius 3 is 2.50 bits per heavy atom. The summed E-state index contributed by atoms with van der Waals surface area (Å²) in [7, 11) is 0. The van der Waals surface area contributed by atoms with Crippen molar-refractivity contribution in [3.05, 3.63) is 65.1 Å². The van der Waals surface area contributed by atoms with E-state index in [0.29, 0.717) is 29.6 Å². The summed E-state index contributed by atoms with van der Waals surface area (Å²) in [5.41, 5.74) is 3.11. The number of pyridine rings is 2. The molecule has 11 heteroatoms. The predicted octanol–water partition coefficient (Wildman–Crippen LogP) is 2.53. The molecule has 2 fully saturated rings. The lowest BCUT2D eigenvalue weighted by Crippen LogP contribution is -2.22. The Balaban J connectivity index is 1.08. The van der Waals surface area contributed by atoms with Crippen LogP contribution in [-0.2, 0) is 0 Å². The van der Waals surface area contributed by atoms with Gasteiger partial charge in [0.2, 0.25) is 5.95 Å². The third-order valence-corrected chi connectivity index (χ3v) is 6.36. The Morgan fingerprint density at radius 1 is 0.912 bits per heavy atom. The zero-order valence-corrected chi connectivity index (χ0v) is 18.4. The van der Waals surface area contributed by atoms with E-state index >= 15 is 0 Å². The van der Waals surface area contributed by atoms with Gasteiger partial charge in [0.1, 0.15) is 5.82 Å². The van der Waals surface area contributed by atoms with Gasteiger partial charge in [0.05, 0.1) is 35.7 Å². The van der Waals surface area contributed by atoms with E-state index in [-0.39, 0.29) is 5.56 Å². The number of hydrogen-bond acceptors (Lipinski definition) is 9. The molecule has 0 unspecified atom stereocenters. The summed E-state index contributed by atoms with van der Waals surface area (Å²) >= 11 is 0. The van der Waals surface area contributed by atoms with E-state index in [9.17, 15) is 4.79 Å². The SMILES string of the molecule is O=c1ccc(-c2cnn[nH]2)cn1-c1ccc(N[C@H]2CC[C@H](Nc3ncc(C4CC4)nn3)C2)nc1. The highest BCUT2D eigenvalue weighted by Crippen LogP contribution is 2.38. The fourth-order valence-corrected chi connectivity index (χ4v) is 4.35. The summed E-state index contributed by atoms with van der Waals surface area (Å²) in [5.74, 6) is 1.93. The molecule has 0 spiro atoms. The van der Waals surface area contributed by atoms with E-state index in [1.807, 2.05) is 18.3 Å². The first-order valence-electron chi connectivity index (χ1n) is 11.5. The lowest BCUT2D eigenvalue weighted by Gasteiger charge is -2.15. The van der Waals surface area contributed by atoms with Crippen LogP contribution in [0.3, 0.4) is 0 Å². The van der Waals surface area contributed by atoms with Crippen molar-refractivity contribution >= 4 is 11.8 Å². The summed E-state index contributed by atoms with van der Waals surface area (Å²) in [6, 6.07) is 7.64. The molecule has 4 aromatic rings. The number of aromatic amines is 1. The Bertz CT molecular complexity index is 1310. The van der Waals surface area contributed by atoms with Crippen LogP contribution in [0.2, 0.25) is 0 Å². The second kappa shape index (κ2) is 8.65. The highest BCUT2D eigenvalue weighted by Gasteiger charge is 2.27. The molecule has 172 valence electrons. The fraction of sp³-hybridized carbons (Fsp3) is 0.348. The minimum Gasteiger partial charge on any atom is -0.367 e. The molecule has 34 heavy (non-hydrogen) atoms. The van der Waals surface area contributed by atoms with Gasteiger partial charge in [0.25, 0.3) is 5.56 Å². The van der Waals surface area contributed by atoms with Crippen LogP contribution in [0, 0.1) is 0 Å². The van der Waals surface area contributed by atoms with Gasteiger partial charge in [-0.05, 0) is 50.3 Å². The van der Waals surface area contributed by atoms with Crippen LogP contribution in [-0.4, -0.2) is 52.2 Å². The Labute approximate surface area is 195 Å². The maximum absolute atomic E-state index is 12.4. The average Bonchev–Trinajstić information content (AvgIpc) is 3.38. The van der Waals surface area contributed by atoms with Crippen LogP contribution in [0.5, 0.6) is 0 Å². The normalized spacial score (nSPS) is 19.8. The summed E-state index contributed by atoms with van der Waals surface area (Å²) in [6.07, 6.45) is 12.3. The maximum Gasteiger partial charge on any atom is 0.255 e. The van der Waals surface area contributed by atoms with Crippen molar-refractivity contribution in [1.29, 1.82) is 0 Å². The topological polar surface area (TPSA) is 139 Å². The van der Waals surface area contributed by atoms with Gasteiger partial charge in [-0.25, -0.2) is 9.97 Å². The lowest BCUT2D eigenvalue weighted by atomic mass is 10.2. The van der Waals surface area contributed by atoms with Crippen molar-refractivity contribution in [3.63, 3.8) is 0 Å². The minimum atomic E-state index is -0.134. The highest BCUT2D eigenvalue weighted by molar-refractivity contribution is 5.57. The third-order valence-electron chi connectivity index (χ3n) is 6.36. The van der Waals surface area contributed by atoms with Gasteiger partial charge < -0.3 is 10.6 Å². The standard InChI is InChI=1S/C23H24N10O/c34-22-8-3-15(20-12-26-32-30-20)13-33(22)18-6-7-21(24-10-18)27-16-4-5-17(9-16)28-23-25-11-19(29-31-23)14-1-2-14/h3,6-8,10-14,16-17H,1-2,4-5,9H2,(H,24,27)(H,25,28,31)(H,26,30,32)/t16-,17-/m0/s1. The van der Waals surface area contributed by atoms with Crippen LogP contribution in [0.4, 0.5) is 11.8 Å². The summed E-state index contributed by atoms with van der Waals surface area (Å²) in [5, 5.41) is 25.8. The van der Waals surface area contributed by atoms with Gasteiger partial charge in [-0.15, -0.1) is 15.3 Å². The fourth-order valence-electron chi connectivity index (χ4n) is 4.35. The van der Waals surface area contributed by atoms with E-state index in [2.05, 4.69) is 46.2 Å². The first-order chi connectivity index (χ1) is 16.7. The first-order valence-corrected chi connectivity index (χ1v) is 11.5. The molecule has 0 aromatic carbocycles. The molecular formula is C23H24N10O.